The van der Waals surface area contributed by atoms with Crippen LogP contribution in [0.5, 0.6) is 0 Å². The second-order valence-electron chi connectivity index (χ2n) is 1.18. The van der Waals surface area contributed by atoms with E-state index in [0.29, 0.717) is 0 Å². The summed E-state index contributed by atoms with van der Waals surface area (Å²) >= 11 is -7.12. The normalized spacial score (nSPS) is 12.2. The summed E-state index contributed by atoms with van der Waals surface area (Å²) in [6, 6.07) is 0. The van der Waals surface area contributed by atoms with Crippen molar-refractivity contribution < 1.29 is 51.4 Å². The van der Waals surface area contributed by atoms with Gasteiger partial charge in [-0.25, -0.2) is 0 Å². The van der Waals surface area contributed by atoms with Crippen molar-refractivity contribution in [2.75, 3.05) is 0 Å². The first-order valence-corrected chi connectivity index (χ1v) is 5.76. The van der Waals surface area contributed by atoms with Gasteiger partial charge in [0.15, 0.2) is 0 Å². The first kappa shape index (κ1) is 18.3. The third kappa shape index (κ3) is 3860. The minimum absolute atomic E-state index is 0. The van der Waals surface area contributed by atoms with Crippen molar-refractivity contribution in [1.29, 1.82) is 0 Å². The van der Waals surface area contributed by atoms with E-state index >= 15 is 0 Å². The summed E-state index contributed by atoms with van der Waals surface area (Å²) in [5, 5.41) is 0. The number of rotatable bonds is 0. The predicted molar refractivity (Wildman–Crippen MR) is 19.9 cm³/mol. The molecular weight excluding hydrogens is 254 g/mol. The van der Waals surface area contributed by atoms with E-state index in [1.54, 1.807) is 0 Å². The number of hydrogen-bond acceptors (Lipinski definition) is 7. The Labute approximate surface area is 76.9 Å². The summed E-state index contributed by atoms with van der Waals surface area (Å²) in [6.45, 7) is 0. The Morgan fingerprint density at radius 2 is 1.00 bits per heavy atom. The Bertz CT molecular complexity index is 302. The molecule has 2 N–H and O–H groups in total. The summed E-state index contributed by atoms with van der Waals surface area (Å²) in [5.74, 6) is 0. The Kier molecular flexibility index (Phi) is 7.10. The Balaban J connectivity index is -0.000000126. The molecule has 0 saturated carbocycles. The molecule has 0 atom stereocenters. The molecule has 0 saturated heterocycles. The molecule has 0 rings (SSSR count). The molecule has 0 aromatic heterocycles. The molecule has 0 radical (unpaired) electrons. The van der Waals surface area contributed by atoms with Gasteiger partial charge in [0.25, 0.3) is 0 Å². The van der Waals surface area contributed by atoms with E-state index in [4.69, 9.17) is 39.0 Å². The fourth-order valence-electron chi connectivity index (χ4n) is 0. The molecule has 0 unspecified atom stereocenters. The van der Waals surface area contributed by atoms with Gasteiger partial charge in [-0.3, -0.25) is 0 Å². The van der Waals surface area contributed by atoms with Gasteiger partial charge in [-0.15, -0.1) is 0 Å². The van der Waals surface area contributed by atoms with E-state index in [1.165, 1.54) is 0 Å². The minimum atomic E-state index is -7.12. The SMILES string of the molecule is O=P([O-])([O-])[O-].[Al+3].[O]=[Cr](=[O])(=[O])([OH])[OH]. The van der Waals surface area contributed by atoms with Gasteiger partial charge in [0.2, 0.25) is 0 Å². The molecule has 0 spiro atoms. The van der Waals surface area contributed by atoms with Crippen LogP contribution in [0.4, 0.5) is 0 Å². The fraction of sp³-hybridized carbons (Fsp3) is 0. The molecule has 0 aromatic carbocycles. The average molecular weight is 256 g/mol. The van der Waals surface area contributed by atoms with Crippen LogP contribution in [0, 0.1) is 0 Å². The molecule has 9 nitrogen and oxygen atoms in total. The van der Waals surface area contributed by atoms with Crippen LogP contribution in [-0.2, 0) is 28.5 Å². The molecule has 70 valence electrons. The zero-order valence-electron chi connectivity index (χ0n) is 5.18. The van der Waals surface area contributed by atoms with Crippen molar-refractivity contribution in [2.24, 2.45) is 0 Å². The second kappa shape index (κ2) is 4.65. The van der Waals surface area contributed by atoms with Crippen LogP contribution in [-0.4, -0.2) is 25.7 Å². The van der Waals surface area contributed by atoms with Gasteiger partial charge in [-0.05, 0) is 0 Å². The molecular formula is H2AlCrO9P. The van der Waals surface area contributed by atoms with E-state index in [-0.39, 0.29) is 17.4 Å². The van der Waals surface area contributed by atoms with Crippen LogP contribution >= 0.6 is 7.82 Å². The second-order valence-corrected chi connectivity index (χ2v) is 4.36. The van der Waals surface area contributed by atoms with Gasteiger partial charge in [0.05, 0.1) is 0 Å². The third-order valence-electron chi connectivity index (χ3n) is 0. The monoisotopic (exact) mass is 256 g/mol. The standard InChI is InChI=1S/Al.Cr.H3O4P.2H2O.3O/c;;1-5(2,3)4;;;;;/h;;(H3,1,2,3,4);2*1H2;;;/q+3;+2;;;;;;/p-5. The first-order chi connectivity index (χ1) is 4.24. The molecule has 0 heterocycles. The van der Waals surface area contributed by atoms with Gasteiger partial charge >= 0.3 is 49.6 Å². The van der Waals surface area contributed by atoms with Gasteiger partial charge < -0.3 is 19.2 Å². The molecule has 0 fully saturated rings. The third-order valence-corrected chi connectivity index (χ3v) is 0. The van der Waals surface area contributed by atoms with Crippen LogP contribution in [0.2, 0.25) is 0 Å². The van der Waals surface area contributed by atoms with Crippen LogP contribution in [0.3, 0.4) is 0 Å². The van der Waals surface area contributed by atoms with Crippen molar-refractivity contribution in [2.45, 2.75) is 0 Å². The van der Waals surface area contributed by atoms with Crippen molar-refractivity contribution in [1.82, 2.24) is 0 Å². The molecule has 12 heteroatoms. The maximum absolute atomic E-state index is 8.85. The zero-order chi connectivity index (χ0) is 9.95. The molecule has 0 bridgehead atoms. The quantitative estimate of drug-likeness (QED) is 0.318. The first-order valence-electron chi connectivity index (χ1n) is 1.60. The number of hydrogen-bond donors (Lipinski definition) is 2. The van der Waals surface area contributed by atoms with E-state index < -0.39 is 20.3 Å². The Morgan fingerprint density at radius 1 is 1.00 bits per heavy atom. The van der Waals surface area contributed by atoms with E-state index in [2.05, 4.69) is 0 Å². The van der Waals surface area contributed by atoms with E-state index in [0.717, 1.165) is 0 Å². The topological polar surface area (TPSA) is 178 Å². The molecule has 0 amide bonds. The van der Waals surface area contributed by atoms with Crippen molar-refractivity contribution in [3.05, 3.63) is 0 Å². The van der Waals surface area contributed by atoms with Crippen molar-refractivity contribution >= 4 is 25.2 Å². The summed E-state index contributed by atoms with van der Waals surface area (Å²) < 4.78 is 49.2. The summed E-state index contributed by atoms with van der Waals surface area (Å²) in [6.07, 6.45) is 0. The number of phosphoric acid groups is 1. The van der Waals surface area contributed by atoms with Crippen LogP contribution in [0.25, 0.3) is 0 Å². The van der Waals surface area contributed by atoms with Crippen molar-refractivity contribution in [3.8, 4) is 0 Å². The van der Waals surface area contributed by atoms with E-state index in [9.17, 15) is 0 Å². The average Bonchev–Trinajstić information content (AvgIpc) is 1.07. The van der Waals surface area contributed by atoms with E-state index in [1.807, 2.05) is 0 Å². The zero-order valence-corrected chi connectivity index (χ0v) is 8.51. The molecule has 0 aliphatic heterocycles. The summed E-state index contributed by atoms with van der Waals surface area (Å²) in [7, 11) is -5.39. The van der Waals surface area contributed by atoms with Gasteiger partial charge in [0.1, 0.15) is 0 Å². The van der Waals surface area contributed by atoms with Crippen molar-refractivity contribution in [3.63, 3.8) is 0 Å². The van der Waals surface area contributed by atoms with Crippen LogP contribution in [0.1, 0.15) is 0 Å². The fourth-order valence-corrected chi connectivity index (χ4v) is 0. The molecule has 0 aliphatic rings. The maximum atomic E-state index is 8.85. The van der Waals surface area contributed by atoms with Crippen LogP contribution in [0.15, 0.2) is 0 Å². The Hall–Kier alpha value is 0.495. The van der Waals surface area contributed by atoms with Gasteiger partial charge in [-0.2, -0.15) is 7.82 Å². The van der Waals surface area contributed by atoms with Gasteiger partial charge in [-0.1, -0.05) is 0 Å². The van der Waals surface area contributed by atoms with Gasteiger partial charge in [0, 0.05) is 0 Å². The Morgan fingerprint density at radius 3 is 1.00 bits per heavy atom. The van der Waals surface area contributed by atoms with Crippen LogP contribution < -0.4 is 14.7 Å². The predicted octanol–water partition coefficient (Wildman–Crippen LogP) is -4.68. The molecule has 0 aliphatic carbocycles. The summed E-state index contributed by atoms with van der Waals surface area (Å²) in [5.41, 5.74) is 0. The summed E-state index contributed by atoms with van der Waals surface area (Å²) in [4.78, 5) is 25.6. The molecule has 0 aromatic rings. The molecule has 12 heavy (non-hydrogen) atoms.